The minimum Gasteiger partial charge on any atom is -0.353 e. The SMILES string of the molecule is C=C/C(=C\C(=C/C)c1cnc2n[nH]c(-c3cc4c(N5CCN(C)CC5)nccc4[nH]3)c2c1)CCCN1CCCC1. The highest BCUT2D eigenvalue weighted by molar-refractivity contribution is 5.99. The number of pyridine rings is 2. The van der Waals surface area contributed by atoms with Gasteiger partial charge in [0.15, 0.2) is 5.65 Å². The molecule has 2 fully saturated rings. The molecule has 0 amide bonds. The van der Waals surface area contributed by atoms with Crippen molar-refractivity contribution < 1.29 is 0 Å². The van der Waals surface area contributed by atoms with Crippen LogP contribution in [-0.4, -0.2) is 87.8 Å². The summed E-state index contributed by atoms with van der Waals surface area (Å²) in [6.45, 7) is 13.9. The molecular weight excluding hydrogens is 496 g/mol. The molecule has 4 aromatic heterocycles. The summed E-state index contributed by atoms with van der Waals surface area (Å²) in [5, 5.41) is 9.91. The van der Waals surface area contributed by atoms with Crippen LogP contribution in [0.3, 0.4) is 0 Å². The molecule has 6 rings (SSSR count). The largest absolute Gasteiger partial charge is 0.353 e. The highest BCUT2D eigenvalue weighted by Crippen LogP contribution is 2.33. The third kappa shape index (κ3) is 5.46. The molecule has 2 N–H and O–H groups in total. The second-order valence-corrected chi connectivity index (χ2v) is 11.1. The van der Waals surface area contributed by atoms with Crippen LogP contribution in [0, 0.1) is 0 Å². The lowest BCUT2D eigenvalue weighted by atomic mass is 10.0. The number of piperazine rings is 1. The number of likely N-dealkylation sites (tertiary alicyclic amines) is 1. The van der Waals surface area contributed by atoms with Crippen molar-refractivity contribution in [2.45, 2.75) is 32.6 Å². The van der Waals surface area contributed by atoms with Crippen LogP contribution in [0.15, 0.2) is 61.0 Å². The smallest absolute Gasteiger partial charge is 0.181 e. The van der Waals surface area contributed by atoms with Crippen molar-refractivity contribution in [1.29, 1.82) is 0 Å². The average Bonchev–Trinajstić information content (AvgIpc) is 3.74. The Balaban J connectivity index is 1.27. The van der Waals surface area contributed by atoms with Gasteiger partial charge in [0.1, 0.15) is 5.82 Å². The van der Waals surface area contributed by atoms with E-state index >= 15 is 0 Å². The fourth-order valence-electron chi connectivity index (χ4n) is 5.99. The number of nitrogens with one attached hydrogen (secondary N) is 2. The number of hydrogen-bond donors (Lipinski definition) is 2. The van der Waals surface area contributed by atoms with E-state index in [0.29, 0.717) is 5.65 Å². The maximum absolute atomic E-state index is 4.76. The molecule has 40 heavy (non-hydrogen) atoms. The topological polar surface area (TPSA) is 80.0 Å². The molecule has 208 valence electrons. The molecule has 2 aliphatic rings. The summed E-state index contributed by atoms with van der Waals surface area (Å²) >= 11 is 0. The van der Waals surface area contributed by atoms with Crippen molar-refractivity contribution in [3.05, 3.63) is 66.5 Å². The van der Waals surface area contributed by atoms with Crippen molar-refractivity contribution >= 4 is 33.3 Å². The fraction of sp³-hybridized carbons (Fsp3) is 0.406. The molecular formula is C32H40N8. The number of fused-ring (bicyclic) bond motifs is 2. The number of allylic oxidation sites excluding steroid dienone is 5. The predicted molar refractivity (Wildman–Crippen MR) is 166 cm³/mol. The molecule has 0 aromatic carbocycles. The molecule has 2 saturated heterocycles. The molecule has 0 saturated carbocycles. The van der Waals surface area contributed by atoms with E-state index in [1.54, 1.807) is 0 Å². The predicted octanol–water partition coefficient (Wildman–Crippen LogP) is 5.64. The monoisotopic (exact) mass is 536 g/mol. The summed E-state index contributed by atoms with van der Waals surface area (Å²) in [7, 11) is 2.17. The van der Waals surface area contributed by atoms with Crippen LogP contribution in [0.2, 0.25) is 0 Å². The Morgan fingerprint density at radius 2 is 1.88 bits per heavy atom. The van der Waals surface area contributed by atoms with Gasteiger partial charge in [-0.25, -0.2) is 9.97 Å². The van der Waals surface area contributed by atoms with Crippen molar-refractivity contribution in [3.63, 3.8) is 0 Å². The first-order chi connectivity index (χ1) is 19.6. The number of nitrogens with zero attached hydrogens (tertiary/aromatic N) is 6. The number of H-pyrrole nitrogens is 2. The number of aromatic nitrogens is 5. The van der Waals surface area contributed by atoms with Crippen molar-refractivity contribution in [3.8, 4) is 11.4 Å². The van der Waals surface area contributed by atoms with Gasteiger partial charge in [0.05, 0.1) is 16.9 Å². The molecule has 0 spiro atoms. The molecule has 2 aliphatic heterocycles. The van der Waals surface area contributed by atoms with Crippen molar-refractivity contribution in [2.24, 2.45) is 0 Å². The van der Waals surface area contributed by atoms with Gasteiger partial charge in [0.2, 0.25) is 0 Å². The first-order valence-corrected chi connectivity index (χ1v) is 14.6. The first-order valence-electron chi connectivity index (χ1n) is 14.6. The van der Waals surface area contributed by atoms with E-state index in [4.69, 9.17) is 9.97 Å². The van der Waals surface area contributed by atoms with Crippen LogP contribution in [0.25, 0.3) is 38.9 Å². The van der Waals surface area contributed by atoms with Crippen LogP contribution in [0.1, 0.15) is 38.2 Å². The summed E-state index contributed by atoms with van der Waals surface area (Å²) in [5.41, 5.74) is 7.21. The van der Waals surface area contributed by atoms with Gasteiger partial charge in [-0.05, 0) is 88.6 Å². The third-order valence-electron chi connectivity index (χ3n) is 8.39. The number of aromatic amines is 2. The average molecular weight is 537 g/mol. The minimum atomic E-state index is 0.712. The molecule has 0 atom stereocenters. The number of likely N-dealkylation sites (N-methyl/N-ethyl adjacent to an activating group) is 1. The normalized spacial score (nSPS) is 17.9. The van der Waals surface area contributed by atoms with Gasteiger partial charge in [-0.1, -0.05) is 24.8 Å². The van der Waals surface area contributed by atoms with Gasteiger partial charge >= 0.3 is 0 Å². The van der Waals surface area contributed by atoms with Gasteiger partial charge in [-0.2, -0.15) is 5.10 Å². The van der Waals surface area contributed by atoms with Crippen LogP contribution in [0.4, 0.5) is 5.82 Å². The second-order valence-electron chi connectivity index (χ2n) is 11.1. The molecule has 0 unspecified atom stereocenters. The Morgan fingerprint density at radius 1 is 1.05 bits per heavy atom. The quantitative estimate of drug-likeness (QED) is 0.269. The summed E-state index contributed by atoms with van der Waals surface area (Å²) in [6.07, 6.45) is 15.1. The Hall–Kier alpha value is -3.75. The van der Waals surface area contributed by atoms with Crippen LogP contribution < -0.4 is 4.90 Å². The zero-order valence-electron chi connectivity index (χ0n) is 23.8. The Labute approximate surface area is 236 Å². The van der Waals surface area contributed by atoms with E-state index in [-0.39, 0.29) is 0 Å². The number of rotatable bonds is 9. The van der Waals surface area contributed by atoms with E-state index in [2.05, 4.69) is 74.7 Å². The number of hydrogen-bond acceptors (Lipinski definition) is 6. The Kier molecular flexibility index (Phi) is 7.80. The Morgan fingerprint density at radius 3 is 2.65 bits per heavy atom. The molecule has 8 nitrogen and oxygen atoms in total. The lowest BCUT2D eigenvalue weighted by Crippen LogP contribution is -2.44. The summed E-state index contributed by atoms with van der Waals surface area (Å²) < 4.78 is 0. The van der Waals surface area contributed by atoms with Gasteiger partial charge in [0.25, 0.3) is 0 Å². The first kappa shape index (κ1) is 26.5. The lowest BCUT2D eigenvalue weighted by Gasteiger charge is -2.33. The lowest BCUT2D eigenvalue weighted by molar-refractivity contribution is 0.312. The van der Waals surface area contributed by atoms with Crippen LogP contribution in [-0.2, 0) is 0 Å². The van der Waals surface area contributed by atoms with Gasteiger partial charge in [-0.3, -0.25) is 5.10 Å². The van der Waals surface area contributed by atoms with E-state index in [1.165, 1.54) is 38.0 Å². The minimum absolute atomic E-state index is 0.712. The van der Waals surface area contributed by atoms with E-state index in [1.807, 2.05) is 24.5 Å². The molecule has 8 heteroatoms. The zero-order valence-corrected chi connectivity index (χ0v) is 23.8. The van der Waals surface area contributed by atoms with E-state index < -0.39 is 0 Å². The molecule has 6 heterocycles. The highest BCUT2D eigenvalue weighted by Gasteiger charge is 2.20. The van der Waals surface area contributed by atoms with Gasteiger partial charge in [0, 0.05) is 54.9 Å². The molecule has 0 radical (unpaired) electrons. The summed E-state index contributed by atoms with van der Waals surface area (Å²) in [6, 6.07) is 6.44. The zero-order chi connectivity index (χ0) is 27.5. The Bertz CT molecular complexity index is 1540. The van der Waals surface area contributed by atoms with Crippen LogP contribution >= 0.6 is 0 Å². The second kappa shape index (κ2) is 11.8. The fourth-order valence-corrected chi connectivity index (χ4v) is 5.99. The van der Waals surface area contributed by atoms with Crippen LogP contribution in [0.5, 0.6) is 0 Å². The molecule has 0 aliphatic carbocycles. The summed E-state index contributed by atoms with van der Waals surface area (Å²) in [4.78, 5) is 20.4. The van der Waals surface area contributed by atoms with E-state index in [9.17, 15) is 0 Å². The standard InChI is InChI=1S/C32H40N8/c1-4-23(9-8-14-39-12-6-7-13-39)19-24(5-2)25-20-27-30(36-37-31(27)34-22-25)29-21-26-28(35-29)10-11-33-32(26)40-17-15-38(3)16-18-40/h4-5,10-11,19-22,35H,1,6-9,12-18H2,2-3H3,(H,34,36,37)/b23-19+,24-5+. The van der Waals surface area contributed by atoms with Gasteiger partial charge in [-0.15, -0.1) is 0 Å². The maximum atomic E-state index is 4.76. The summed E-state index contributed by atoms with van der Waals surface area (Å²) in [5.74, 6) is 1.04. The van der Waals surface area contributed by atoms with Crippen molar-refractivity contribution in [1.82, 2.24) is 34.9 Å². The van der Waals surface area contributed by atoms with E-state index in [0.717, 1.165) is 83.7 Å². The number of anilines is 1. The molecule has 0 bridgehead atoms. The molecule has 4 aromatic rings. The van der Waals surface area contributed by atoms with Crippen molar-refractivity contribution in [2.75, 3.05) is 57.8 Å². The maximum Gasteiger partial charge on any atom is 0.181 e. The third-order valence-corrected chi connectivity index (χ3v) is 8.39. The highest BCUT2D eigenvalue weighted by atomic mass is 15.3. The van der Waals surface area contributed by atoms with Gasteiger partial charge < -0.3 is 19.7 Å².